The summed E-state index contributed by atoms with van der Waals surface area (Å²) < 4.78 is 11.7. The smallest absolute Gasteiger partial charge is 0.257 e. The van der Waals surface area contributed by atoms with Gasteiger partial charge >= 0.3 is 0 Å². The summed E-state index contributed by atoms with van der Waals surface area (Å²) in [5, 5.41) is 12.1. The summed E-state index contributed by atoms with van der Waals surface area (Å²) in [7, 11) is 0. The summed E-state index contributed by atoms with van der Waals surface area (Å²) in [5.41, 5.74) is 1.54. The van der Waals surface area contributed by atoms with Crippen LogP contribution in [0.4, 0.5) is 0 Å². The zero-order chi connectivity index (χ0) is 21.5. The third kappa shape index (κ3) is 2.21. The number of aliphatic hydroxyl groups is 1. The lowest BCUT2D eigenvalue weighted by Crippen LogP contribution is -2.70. The highest BCUT2D eigenvalue weighted by atomic mass is 16.5. The fourth-order valence-electron chi connectivity index (χ4n) is 5.44. The standard InChI is InChI=1S/C24H22N2O5/c1-13-17-12-20-19(30-8-5-9-31-20)10-15(17)11-21-24(29)18-7-4-3-6-16(18)23(28)26(24)14(2)22(27)25(13)21/h3-4,6-7,10,12,14,21,29H,1,5,8-9,11H2,2H3/t14-,21-,24-/m0/s1. The molecular weight excluding hydrogens is 396 g/mol. The van der Waals surface area contributed by atoms with Gasteiger partial charge in [-0.3, -0.25) is 14.5 Å². The number of rotatable bonds is 0. The van der Waals surface area contributed by atoms with Crippen molar-refractivity contribution in [2.24, 2.45) is 0 Å². The molecule has 7 nitrogen and oxygen atoms in total. The van der Waals surface area contributed by atoms with Gasteiger partial charge in [-0.05, 0) is 37.1 Å². The van der Waals surface area contributed by atoms with Gasteiger partial charge in [0.15, 0.2) is 17.2 Å². The number of hydrogen-bond acceptors (Lipinski definition) is 5. The summed E-state index contributed by atoms with van der Waals surface area (Å²) in [6.45, 7) is 7.00. The van der Waals surface area contributed by atoms with E-state index in [1.807, 2.05) is 12.1 Å². The molecule has 2 amide bonds. The highest BCUT2D eigenvalue weighted by Crippen LogP contribution is 2.51. The molecule has 0 aromatic heterocycles. The van der Waals surface area contributed by atoms with Gasteiger partial charge in [0.1, 0.15) is 6.04 Å². The minimum atomic E-state index is -1.63. The second-order valence-electron chi connectivity index (χ2n) is 8.50. The number of carbonyl (C=O) groups excluding carboxylic acids is 2. The zero-order valence-corrected chi connectivity index (χ0v) is 17.1. The van der Waals surface area contributed by atoms with E-state index in [1.165, 1.54) is 4.90 Å². The van der Waals surface area contributed by atoms with E-state index >= 15 is 0 Å². The molecule has 4 aliphatic heterocycles. The van der Waals surface area contributed by atoms with Crippen LogP contribution < -0.4 is 9.47 Å². The number of benzene rings is 2. The summed E-state index contributed by atoms with van der Waals surface area (Å²) in [6, 6.07) is 9.31. The maximum Gasteiger partial charge on any atom is 0.257 e. The third-order valence-corrected chi connectivity index (χ3v) is 6.89. The zero-order valence-electron chi connectivity index (χ0n) is 17.1. The van der Waals surface area contributed by atoms with Crippen LogP contribution in [0.15, 0.2) is 43.0 Å². The minimum Gasteiger partial charge on any atom is -0.490 e. The van der Waals surface area contributed by atoms with Crippen molar-refractivity contribution in [3.05, 3.63) is 65.2 Å². The van der Waals surface area contributed by atoms with Gasteiger partial charge in [0.05, 0.1) is 19.3 Å². The molecule has 0 saturated carbocycles. The minimum absolute atomic E-state index is 0.251. The SMILES string of the molecule is C=C1c2cc3c(cc2C[C@@H]2N1C(=O)[C@H](C)N1C(=O)c4ccccc4[C@]21O)OCCCO3. The van der Waals surface area contributed by atoms with Crippen molar-refractivity contribution in [1.82, 2.24) is 9.80 Å². The summed E-state index contributed by atoms with van der Waals surface area (Å²) >= 11 is 0. The predicted molar refractivity (Wildman–Crippen MR) is 111 cm³/mol. The summed E-state index contributed by atoms with van der Waals surface area (Å²) in [6.07, 6.45) is 1.15. The Kier molecular flexibility index (Phi) is 3.63. The van der Waals surface area contributed by atoms with Crippen LogP contribution in [0.25, 0.3) is 5.70 Å². The molecule has 0 spiro atoms. The van der Waals surface area contributed by atoms with Crippen LogP contribution in [-0.2, 0) is 16.9 Å². The molecule has 6 rings (SSSR count). The molecule has 0 unspecified atom stereocenters. The number of carbonyl (C=O) groups is 2. The van der Waals surface area contributed by atoms with E-state index < -0.39 is 17.8 Å². The van der Waals surface area contributed by atoms with Gasteiger partial charge in [0, 0.05) is 28.8 Å². The van der Waals surface area contributed by atoms with E-state index in [2.05, 4.69) is 6.58 Å². The highest BCUT2D eigenvalue weighted by molar-refractivity contribution is 6.05. The van der Waals surface area contributed by atoms with E-state index in [-0.39, 0.29) is 11.8 Å². The Hall–Kier alpha value is -3.32. The maximum absolute atomic E-state index is 13.4. The number of nitrogens with zero attached hydrogens (tertiary/aromatic N) is 2. The van der Waals surface area contributed by atoms with Crippen LogP contribution in [0.3, 0.4) is 0 Å². The first-order valence-corrected chi connectivity index (χ1v) is 10.5. The van der Waals surface area contributed by atoms with Gasteiger partial charge in [-0.2, -0.15) is 0 Å². The van der Waals surface area contributed by atoms with Gasteiger partial charge in [0.2, 0.25) is 5.91 Å². The van der Waals surface area contributed by atoms with E-state index in [0.29, 0.717) is 48.0 Å². The second-order valence-corrected chi connectivity index (χ2v) is 8.50. The van der Waals surface area contributed by atoms with Crippen molar-refractivity contribution < 1.29 is 24.2 Å². The lowest BCUT2D eigenvalue weighted by atomic mass is 9.80. The lowest BCUT2D eigenvalue weighted by Gasteiger charge is -2.54. The van der Waals surface area contributed by atoms with E-state index in [0.717, 1.165) is 17.5 Å². The molecule has 0 bridgehead atoms. The molecule has 31 heavy (non-hydrogen) atoms. The van der Waals surface area contributed by atoms with Crippen LogP contribution in [0.2, 0.25) is 0 Å². The number of fused-ring (bicyclic) bond motifs is 7. The Morgan fingerprint density at radius 3 is 2.58 bits per heavy atom. The molecule has 1 saturated heterocycles. The molecule has 0 radical (unpaired) electrons. The Morgan fingerprint density at radius 2 is 1.81 bits per heavy atom. The predicted octanol–water partition coefficient (Wildman–Crippen LogP) is 2.28. The van der Waals surface area contributed by atoms with Crippen LogP contribution in [0.5, 0.6) is 11.5 Å². The van der Waals surface area contributed by atoms with Crippen LogP contribution >= 0.6 is 0 Å². The first-order valence-electron chi connectivity index (χ1n) is 10.5. The number of ether oxygens (including phenoxy) is 2. The molecule has 158 valence electrons. The third-order valence-electron chi connectivity index (χ3n) is 6.89. The molecule has 4 aliphatic rings. The van der Waals surface area contributed by atoms with Crippen molar-refractivity contribution in [3.8, 4) is 11.5 Å². The summed E-state index contributed by atoms with van der Waals surface area (Å²) in [5.74, 6) is 0.710. The van der Waals surface area contributed by atoms with Crippen molar-refractivity contribution >= 4 is 17.5 Å². The first-order chi connectivity index (χ1) is 14.9. The van der Waals surface area contributed by atoms with Crippen LogP contribution in [0, 0.1) is 0 Å². The molecule has 1 fully saturated rings. The van der Waals surface area contributed by atoms with Gasteiger partial charge in [0.25, 0.3) is 5.91 Å². The highest BCUT2D eigenvalue weighted by Gasteiger charge is 2.63. The topological polar surface area (TPSA) is 79.3 Å². The Balaban J connectivity index is 1.54. The van der Waals surface area contributed by atoms with Gasteiger partial charge in [-0.15, -0.1) is 0 Å². The molecule has 7 heteroatoms. The Labute approximate surface area is 179 Å². The molecule has 4 heterocycles. The Morgan fingerprint density at radius 1 is 1.10 bits per heavy atom. The fraction of sp³-hybridized carbons (Fsp3) is 0.333. The second kappa shape index (κ2) is 6.11. The van der Waals surface area contributed by atoms with E-state index in [4.69, 9.17) is 9.47 Å². The van der Waals surface area contributed by atoms with Crippen LogP contribution in [-0.4, -0.2) is 52.0 Å². The average molecular weight is 418 g/mol. The molecule has 1 N–H and O–H groups in total. The Bertz CT molecular complexity index is 1170. The quantitative estimate of drug-likeness (QED) is 0.710. The molecular formula is C24H22N2O5. The van der Waals surface area contributed by atoms with Crippen molar-refractivity contribution in [1.29, 1.82) is 0 Å². The molecule has 3 atom stereocenters. The summed E-state index contributed by atoms with van der Waals surface area (Å²) in [4.78, 5) is 29.5. The van der Waals surface area contributed by atoms with E-state index in [9.17, 15) is 14.7 Å². The normalized spacial score (nSPS) is 28.5. The van der Waals surface area contributed by atoms with Gasteiger partial charge in [-0.25, -0.2) is 0 Å². The number of hydrogen-bond donors (Lipinski definition) is 1. The fourth-order valence-corrected chi connectivity index (χ4v) is 5.44. The molecule has 0 aliphatic carbocycles. The van der Waals surface area contributed by atoms with Crippen LogP contribution in [0.1, 0.15) is 40.4 Å². The molecule has 2 aromatic rings. The largest absolute Gasteiger partial charge is 0.490 e. The number of piperazine rings is 1. The van der Waals surface area contributed by atoms with E-state index in [1.54, 1.807) is 36.1 Å². The van der Waals surface area contributed by atoms with Crippen molar-refractivity contribution in [2.75, 3.05) is 13.2 Å². The molecule has 2 aromatic carbocycles. The monoisotopic (exact) mass is 418 g/mol. The van der Waals surface area contributed by atoms with Gasteiger partial charge in [-0.1, -0.05) is 24.8 Å². The first kappa shape index (κ1) is 18.4. The maximum atomic E-state index is 13.4. The number of amides is 2. The van der Waals surface area contributed by atoms with Crippen molar-refractivity contribution in [3.63, 3.8) is 0 Å². The van der Waals surface area contributed by atoms with Crippen molar-refractivity contribution in [2.45, 2.75) is 37.6 Å². The lowest BCUT2D eigenvalue weighted by molar-refractivity contribution is -0.189. The van der Waals surface area contributed by atoms with Gasteiger partial charge < -0.3 is 19.5 Å². The average Bonchev–Trinajstić information content (AvgIpc) is 2.89.